The van der Waals surface area contributed by atoms with Crippen LogP contribution in [0.3, 0.4) is 0 Å². The van der Waals surface area contributed by atoms with Crippen LogP contribution >= 0.6 is 0 Å². The smallest absolute Gasteiger partial charge is 0.183 e. The van der Waals surface area contributed by atoms with Crippen molar-refractivity contribution in [1.82, 2.24) is 19.5 Å². The van der Waals surface area contributed by atoms with E-state index >= 15 is 0 Å². The van der Waals surface area contributed by atoms with Crippen LogP contribution in [0.5, 0.6) is 0 Å². The number of allylic oxidation sites excluding steroid dienone is 1. The van der Waals surface area contributed by atoms with Crippen LogP contribution in [0.1, 0.15) is 79.1 Å². The third-order valence-corrected chi connectivity index (χ3v) is 9.76. The lowest BCUT2D eigenvalue weighted by molar-refractivity contribution is -0.0605. The van der Waals surface area contributed by atoms with Crippen molar-refractivity contribution in [3.8, 4) is 0 Å². The van der Waals surface area contributed by atoms with Crippen LogP contribution in [-0.2, 0) is 6.54 Å². The summed E-state index contributed by atoms with van der Waals surface area (Å²) in [5, 5.41) is 12.8. The van der Waals surface area contributed by atoms with Gasteiger partial charge in [0.1, 0.15) is 11.8 Å². The fraction of sp³-hybridized carbons (Fsp3) is 0.720. The van der Waals surface area contributed by atoms with Gasteiger partial charge in [0.15, 0.2) is 11.5 Å². The average Bonchev–Trinajstić information content (AvgIpc) is 3.14. The van der Waals surface area contributed by atoms with E-state index in [1.807, 2.05) is 6.33 Å². The second-order valence-electron chi connectivity index (χ2n) is 11.3. The maximum absolute atomic E-state index is 11.4. The Labute approximate surface area is 185 Å². The van der Waals surface area contributed by atoms with E-state index in [0.29, 0.717) is 23.3 Å². The van der Waals surface area contributed by atoms with Crippen molar-refractivity contribution < 1.29 is 5.21 Å². The first-order chi connectivity index (χ1) is 14.7. The quantitative estimate of drug-likeness (QED) is 0.635. The number of imidazole rings is 1. The Balaban J connectivity index is 1.44. The molecule has 0 aromatic carbocycles. The maximum atomic E-state index is 11.4. The van der Waals surface area contributed by atoms with Crippen LogP contribution in [0.15, 0.2) is 24.8 Å². The minimum atomic E-state index is -0.372. The van der Waals surface area contributed by atoms with Gasteiger partial charge in [-0.2, -0.15) is 0 Å². The van der Waals surface area contributed by atoms with Gasteiger partial charge in [-0.3, -0.25) is 5.21 Å². The van der Waals surface area contributed by atoms with Gasteiger partial charge in [0, 0.05) is 6.54 Å². The Morgan fingerprint density at radius 3 is 2.74 bits per heavy atom. The molecular weight excluding hydrogens is 386 g/mol. The largest absolute Gasteiger partial charge is 0.326 e. The number of aromatic nitrogens is 4. The van der Waals surface area contributed by atoms with Crippen molar-refractivity contribution in [2.24, 2.45) is 22.7 Å². The van der Waals surface area contributed by atoms with Gasteiger partial charge in [-0.1, -0.05) is 32.9 Å². The zero-order chi connectivity index (χ0) is 22.0. The predicted molar refractivity (Wildman–Crippen MR) is 123 cm³/mol. The van der Waals surface area contributed by atoms with Crippen molar-refractivity contribution in [3.05, 3.63) is 24.8 Å². The number of anilines is 1. The Bertz CT molecular complexity index is 1020. The third kappa shape index (κ3) is 2.97. The van der Waals surface area contributed by atoms with Gasteiger partial charge >= 0.3 is 0 Å². The first kappa shape index (κ1) is 20.9. The number of nitrogens with zero attached hydrogens (tertiary/aromatic N) is 5. The summed E-state index contributed by atoms with van der Waals surface area (Å²) in [4.78, 5) is 13.1. The summed E-state index contributed by atoms with van der Waals surface area (Å²) < 4.78 is 2.09. The highest BCUT2D eigenvalue weighted by atomic mass is 16.5. The van der Waals surface area contributed by atoms with E-state index in [0.717, 1.165) is 31.3 Å². The molecule has 5 atom stereocenters. The molecule has 2 saturated carbocycles. The molecular formula is C25H37N5O. The molecule has 168 valence electrons. The zero-order valence-electron chi connectivity index (χ0n) is 19.6. The number of fused-ring (bicyclic) bond motifs is 1. The lowest BCUT2D eigenvalue weighted by Crippen LogP contribution is -2.52. The zero-order valence-corrected chi connectivity index (χ0v) is 19.6. The van der Waals surface area contributed by atoms with Gasteiger partial charge in [0.05, 0.1) is 11.9 Å². The molecule has 0 unspecified atom stereocenters. The minimum absolute atomic E-state index is 0.254. The van der Waals surface area contributed by atoms with Crippen LogP contribution < -0.4 is 5.06 Å². The van der Waals surface area contributed by atoms with Crippen molar-refractivity contribution in [2.45, 2.75) is 91.1 Å². The van der Waals surface area contributed by atoms with E-state index in [1.54, 1.807) is 0 Å². The summed E-state index contributed by atoms with van der Waals surface area (Å²) in [7, 11) is 0. The fourth-order valence-electron chi connectivity index (χ4n) is 7.10. The molecule has 2 aliphatic carbocycles. The monoisotopic (exact) mass is 423 g/mol. The van der Waals surface area contributed by atoms with Gasteiger partial charge in [-0.15, -0.1) is 0 Å². The predicted octanol–water partition coefficient (Wildman–Crippen LogP) is 5.76. The summed E-state index contributed by atoms with van der Waals surface area (Å²) in [5.74, 6) is 1.94. The van der Waals surface area contributed by atoms with Crippen LogP contribution in [-0.4, -0.2) is 30.3 Å². The van der Waals surface area contributed by atoms with E-state index in [4.69, 9.17) is 0 Å². The molecule has 0 spiro atoms. The SMILES string of the molecule is C=C1CCC[C@H]2[C@@](C)(CC[C@@]3(C)CCn4cnc5ncnc(c54)N3O)[C@H](C)CC[C@@]12C. The molecule has 0 amide bonds. The van der Waals surface area contributed by atoms with E-state index in [9.17, 15) is 5.21 Å². The van der Waals surface area contributed by atoms with E-state index in [-0.39, 0.29) is 16.4 Å². The van der Waals surface area contributed by atoms with Gasteiger partial charge in [-0.05, 0) is 81.0 Å². The van der Waals surface area contributed by atoms with Crippen LogP contribution in [0.25, 0.3) is 11.2 Å². The molecule has 0 bridgehead atoms. The van der Waals surface area contributed by atoms with Crippen LogP contribution in [0.4, 0.5) is 5.82 Å². The molecule has 2 aromatic heterocycles. The van der Waals surface area contributed by atoms with Gasteiger partial charge in [0.25, 0.3) is 0 Å². The van der Waals surface area contributed by atoms with Gasteiger partial charge in [0.2, 0.25) is 0 Å². The van der Waals surface area contributed by atoms with Crippen molar-refractivity contribution in [2.75, 3.05) is 5.06 Å². The fourth-order valence-corrected chi connectivity index (χ4v) is 7.10. The molecule has 6 nitrogen and oxygen atoms in total. The van der Waals surface area contributed by atoms with Crippen LogP contribution in [0.2, 0.25) is 0 Å². The number of aryl methyl sites for hydroxylation is 1. The second-order valence-corrected chi connectivity index (χ2v) is 11.3. The topological polar surface area (TPSA) is 67.1 Å². The molecule has 3 heterocycles. The summed E-state index contributed by atoms with van der Waals surface area (Å²) in [5.41, 5.74) is 3.11. The Morgan fingerprint density at radius 2 is 1.94 bits per heavy atom. The highest BCUT2D eigenvalue weighted by Gasteiger charge is 2.54. The molecule has 6 heteroatoms. The molecule has 5 rings (SSSR count). The molecule has 31 heavy (non-hydrogen) atoms. The molecule has 1 N–H and O–H groups in total. The Morgan fingerprint density at radius 1 is 1.13 bits per heavy atom. The highest BCUT2D eigenvalue weighted by molar-refractivity contribution is 5.83. The van der Waals surface area contributed by atoms with Crippen molar-refractivity contribution in [3.63, 3.8) is 0 Å². The van der Waals surface area contributed by atoms with Gasteiger partial charge < -0.3 is 4.57 Å². The number of hydroxylamine groups is 1. The molecule has 1 aliphatic heterocycles. The maximum Gasteiger partial charge on any atom is 0.183 e. The highest BCUT2D eigenvalue weighted by Crippen LogP contribution is 2.63. The molecule has 3 aliphatic rings. The lowest BCUT2D eigenvalue weighted by atomic mass is 9.46. The van der Waals surface area contributed by atoms with E-state index < -0.39 is 0 Å². The number of hydrogen-bond donors (Lipinski definition) is 1. The first-order valence-electron chi connectivity index (χ1n) is 12.0. The van der Waals surface area contributed by atoms with E-state index in [2.05, 4.69) is 53.8 Å². The van der Waals surface area contributed by atoms with Gasteiger partial charge in [-0.25, -0.2) is 20.0 Å². The normalized spacial score (nSPS) is 38.2. The molecule has 2 aromatic rings. The van der Waals surface area contributed by atoms with Crippen LogP contribution in [0, 0.1) is 22.7 Å². The standard InChI is InChI=1S/C25H37N5O/c1-17-7-6-8-19-24(17,4)10-9-18(2)25(19,5)12-11-23(3)13-14-29-16-28-21-20(29)22(30(23)31)27-15-26-21/h15-16,18-19,31H,1,6-14H2,2-5H3/t18-,19-,23+,24+,25+/m1/s1. The summed E-state index contributed by atoms with van der Waals surface area (Å²) in [6.45, 7) is 15.0. The molecule has 0 radical (unpaired) electrons. The summed E-state index contributed by atoms with van der Waals surface area (Å²) in [6, 6.07) is 0. The van der Waals surface area contributed by atoms with Crippen molar-refractivity contribution in [1.29, 1.82) is 0 Å². The van der Waals surface area contributed by atoms with Crippen molar-refractivity contribution >= 4 is 17.0 Å². The first-order valence-corrected chi connectivity index (χ1v) is 12.0. The molecule has 0 saturated heterocycles. The minimum Gasteiger partial charge on any atom is -0.326 e. The lowest BCUT2D eigenvalue weighted by Gasteiger charge is -2.59. The van der Waals surface area contributed by atoms with E-state index in [1.165, 1.54) is 49.1 Å². The Hall–Kier alpha value is -1.95. The third-order valence-electron chi connectivity index (χ3n) is 9.76. The summed E-state index contributed by atoms with van der Waals surface area (Å²) in [6.07, 6.45) is 12.5. The second kappa shape index (κ2) is 7.03. The summed E-state index contributed by atoms with van der Waals surface area (Å²) >= 11 is 0. The number of rotatable bonds is 3. The number of hydrogen-bond acceptors (Lipinski definition) is 5. The molecule has 2 fully saturated rings. The average molecular weight is 424 g/mol. The Kier molecular flexibility index (Phi) is 4.74.